The number of hydrogen-bond acceptors (Lipinski definition) is 3. The number of carbonyl (C=O) groups is 1. The molecule has 3 nitrogen and oxygen atoms in total. The van der Waals surface area contributed by atoms with Crippen molar-refractivity contribution < 1.29 is 4.79 Å². The minimum atomic E-state index is -0.460. The molecule has 1 heterocycles. The molecule has 0 radical (unpaired) electrons. The molecule has 0 saturated heterocycles. The van der Waals surface area contributed by atoms with Crippen molar-refractivity contribution in [2.75, 3.05) is 4.84 Å². The Morgan fingerprint density at radius 2 is 2.50 bits per heavy atom. The Bertz CT molecular complexity index is 248. The van der Waals surface area contributed by atoms with Crippen molar-refractivity contribution in [3.8, 4) is 0 Å². The van der Waals surface area contributed by atoms with Crippen LogP contribution in [0, 0.1) is 0 Å². The minimum absolute atomic E-state index is 0.454. The maximum absolute atomic E-state index is 10.6. The fourth-order valence-corrected chi connectivity index (χ4v) is 1.49. The van der Waals surface area contributed by atoms with Crippen molar-refractivity contribution in [2.45, 2.75) is 0 Å². The van der Waals surface area contributed by atoms with E-state index in [0.29, 0.717) is 10.6 Å². The van der Waals surface area contributed by atoms with Crippen LogP contribution in [0.3, 0.4) is 0 Å². The van der Waals surface area contributed by atoms with Crippen molar-refractivity contribution in [3.05, 3.63) is 16.3 Å². The predicted molar refractivity (Wildman–Crippen MR) is 42.3 cm³/mol. The van der Waals surface area contributed by atoms with E-state index in [1.807, 2.05) is 0 Å². The monoisotopic (exact) mass is 176 g/mol. The Kier molecular flexibility index (Phi) is 2.13. The minimum Gasteiger partial charge on any atom is -0.365 e. The van der Waals surface area contributed by atoms with Gasteiger partial charge in [-0.3, -0.25) is 9.63 Å². The SMILES string of the molecule is NC(=O)c1sccc1NCl. The van der Waals surface area contributed by atoms with Gasteiger partial charge in [-0.2, -0.15) is 0 Å². The van der Waals surface area contributed by atoms with Gasteiger partial charge >= 0.3 is 0 Å². The highest BCUT2D eigenvalue weighted by molar-refractivity contribution is 7.12. The van der Waals surface area contributed by atoms with Gasteiger partial charge in [0, 0.05) is 11.8 Å². The van der Waals surface area contributed by atoms with Gasteiger partial charge in [0.05, 0.1) is 5.69 Å². The first-order valence-corrected chi connectivity index (χ1v) is 3.75. The van der Waals surface area contributed by atoms with Crippen LogP contribution in [0.15, 0.2) is 11.4 Å². The van der Waals surface area contributed by atoms with Gasteiger partial charge in [-0.1, -0.05) is 0 Å². The molecule has 54 valence electrons. The molecule has 0 aliphatic carbocycles. The van der Waals surface area contributed by atoms with Crippen LogP contribution in [0.25, 0.3) is 0 Å². The number of anilines is 1. The Labute approximate surface area is 66.9 Å². The first kappa shape index (κ1) is 7.37. The first-order chi connectivity index (χ1) is 4.75. The third kappa shape index (κ3) is 1.22. The van der Waals surface area contributed by atoms with Crippen LogP contribution in [0.5, 0.6) is 0 Å². The molecule has 0 fully saturated rings. The summed E-state index contributed by atoms with van der Waals surface area (Å²) in [6.07, 6.45) is 0. The number of amides is 1. The predicted octanol–water partition coefficient (Wildman–Crippen LogP) is 1.41. The van der Waals surface area contributed by atoms with E-state index < -0.39 is 5.91 Å². The lowest BCUT2D eigenvalue weighted by atomic mass is 10.4. The molecule has 0 aliphatic heterocycles. The molecule has 0 aromatic carbocycles. The Balaban J connectivity index is 3.01. The van der Waals surface area contributed by atoms with Crippen LogP contribution in [-0.2, 0) is 0 Å². The average Bonchev–Trinajstić information content (AvgIpc) is 2.33. The van der Waals surface area contributed by atoms with Gasteiger partial charge < -0.3 is 5.73 Å². The van der Waals surface area contributed by atoms with Gasteiger partial charge in [0.2, 0.25) is 0 Å². The van der Waals surface area contributed by atoms with Crippen LogP contribution >= 0.6 is 23.1 Å². The normalized spacial score (nSPS) is 9.30. The number of hydrogen-bond donors (Lipinski definition) is 2. The van der Waals surface area contributed by atoms with Crippen molar-refractivity contribution in [1.82, 2.24) is 0 Å². The number of thiophene rings is 1. The van der Waals surface area contributed by atoms with Gasteiger partial charge in [0.15, 0.2) is 0 Å². The maximum atomic E-state index is 10.6. The summed E-state index contributed by atoms with van der Waals surface area (Å²) in [5, 5.41) is 1.74. The quantitative estimate of drug-likeness (QED) is 0.670. The van der Waals surface area contributed by atoms with Gasteiger partial charge in [-0.25, -0.2) is 0 Å². The smallest absolute Gasteiger partial charge is 0.260 e. The molecule has 1 aromatic rings. The summed E-state index contributed by atoms with van der Waals surface area (Å²) in [5.41, 5.74) is 5.58. The largest absolute Gasteiger partial charge is 0.365 e. The molecule has 0 unspecified atom stereocenters. The van der Waals surface area contributed by atoms with E-state index in [-0.39, 0.29) is 0 Å². The maximum Gasteiger partial charge on any atom is 0.260 e. The summed E-state index contributed by atoms with van der Waals surface area (Å²) < 4.78 is 0. The summed E-state index contributed by atoms with van der Waals surface area (Å²) in [6, 6.07) is 1.69. The van der Waals surface area contributed by atoms with Crippen molar-refractivity contribution in [1.29, 1.82) is 0 Å². The second-order valence-electron chi connectivity index (χ2n) is 1.62. The lowest BCUT2D eigenvalue weighted by Gasteiger charge is -1.93. The lowest BCUT2D eigenvalue weighted by Crippen LogP contribution is -2.09. The van der Waals surface area contributed by atoms with E-state index in [1.165, 1.54) is 11.3 Å². The van der Waals surface area contributed by atoms with Gasteiger partial charge in [0.1, 0.15) is 4.88 Å². The highest BCUT2D eigenvalue weighted by Gasteiger charge is 2.07. The third-order valence-corrected chi connectivity index (χ3v) is 2.12. The number of carbonyl (C=O) groups excluding carboxylic acids is 1. The Hall–Kier alpha value is -0.740. The number of primary amides is 1. The van der Waals surface area contributed by atoms with Crippen LogP contribution in [0.4, 0.5) is 5.69 Å². The second kappa shape index (κ2) is 2.90. The molecule has 0 bridgehead atoms. The van der Waals surface area contributed by atoms with Crippen LogP contribution < -0.4 is 10.6 Å². The standard InChI is InChI=1S/C5H5ClN2OS/c6-8-3-1-2-10-4(3)5(7)9/h1-2,8H,(H2,7,9). The van der Waals surface area contributed by atoms with Gasteiger partial charge in [-0.05, 0) is 11.4 Å². The Morgan fingerprint density at radius 3 is 2.90 bits per heavy atom. The topological polar surface area (TPSA) is 55.1 Å². The molecular weight excluding hydrogens is 172 g/mol. The molecule has 1 aromatic heterocycles. The molecule has 0 spiro atoms. The molecule has 0 atom stereocenters. The molecule has 10 heavy (non-hydrogen) atoms. The van der Waals surface area contributed by atoms with E-state index in [0.717, 1.165) is 0 Å². The van der Waals surface area contributed by atoms with Crippen LogP contribution in [0.2, 0.25) is 0 Å². The molecule has 3 N–H and O–H groups in total. The third-order valence-electron chi connectivity index (χ3n) is 0.991. The average molecular weight is 177 g/mol. The fraction of sp³-hybridized carbons (Fsp3) is 0. The van der Waals surface area contributed by atoms with Gasteiger partial charge in [0.25, 0.3) is 5.91 Å². The first-order valence-electron chi connectivity index (χ1n) is 2.49. The van der Waals surface area contributed by atoms with Crippen molar-refractivity contribution >= 4 is 34.7 Å². The summed E-state index contributed by atoms with van der Waals surface area (Å²) >= 11 is 6.53. The molecule has 1 amide bonds. The zero-order valence-corrected chi connectivity index (χ0v) is 6.50. The summed E-state index contributed by atoms with van der Waals surface area (Å²) in [5.74, 6) is -0.460. The summed E-state index contributed by atoms with van der Waals surface area (Å²) in [7, 11) is 0. The van der Waals surface area contributed by atoms with Crippen molar-refractivity contribution in [2.24, 2.45) is 5.73 Å². The highest BCUT2D eigenvalue weighted by atomic mass is 35.5. The second-order valence-corrected chi connectivity index (χ2v) is 2.73. The molecule has 0 aliphatic rings. The summed E-state index contributed by atoms with van der Waals surface area (Å²) in [6.45, 7) is 0. The fourth-order valence-electron chi connectivity index (χ4n) is 0.574. The number of nitrogens with two attached hydrogens (primary N) is 1. The van der Waals surface area contributed by atoms with Crippen LogP contribution in [-0.4, -0.2) is 5.91 Å². The van der Waals surface area contributed by atoms with E-state index in [2.05, 4.69) is 4.84 Å². The lowest BCUT2D eigenvalue weighted by molar-refractivity contribution is 0.100. The Morgan fingerprint density at radius 1 is 1.80 bits per heavy atom. The van der Waals surface area contributed by atoms with Crippen molar-refractivity contribution in [3.63, 3.8) is 0 Å². The van der Waals surface area contributed by atoms with E-state index in [9.17, 15) is 4.79 Å². The zero-order valence-electron chi connectivity index (χ0n) is 4.93. The highest BCUT2D eigenvalue weighted by Crippen LogP contribution is 2.21. The number of halogens is 1. The number of nitrogens with one attached hydrogen (secondary N) is 1. The van der Waals surface area contributed by atoms with Crippen LogP contribution in [0.1, 0.15) is 9.67 Å². The molecule has 0 saturated carbocycles. The van der Waals surface area contributed by atoms with E-state index >= 15 is 0 Å². The van der Waals surface area contributed by atoms with E-state index in [4.69, 9.17) is 17.5 Å². The number of rotatable bonds is 2. The van der Waals surface area contributed by atoms with E-state index in [1.54, 1.807) is 11.4 Å². The summed E-state index contributed by atoms with van der Waals surface area (Å²) in [4.78, 5) is 13.4. The molecular formula is C5H5ClN2OS. The zero-order chi connectivity index (χ0) is 7.56. The van der Waals surface area contributed by atoms with Gasteiger partial charge in [-0.15, -0.1) is 11.3 Å². The molecule has 1 rings (SSSR count). The molecule has 5 heteroatoms.